The molecular formula is C11H23N3O4. The van der Waals surface area contributed by atoms with E-state index in [2.05, 4.69) is 28.4 Å². The summed E-state index contributed by atoms with van der Waals surface area (Å²) in [4.78, 5) is 32.7. The Hall–Kier alpha value is -1.18. The summed E-state index contributed by atoms with van der Waals surface area (Å²) < 4.78 is 0. The molecule has 0 aromatic rings. The van der Waals surface area contributed by atoms with E-state index in [0.29, 0.717) is 18.9 Å². The second-order valence-corrected chi connectivity index (χ2v) is 4.50. The van der Waals surface area contributed by atoms with E-state index in [1.165, 1.54) is 0 Å². The van der Waals surface area contributed by atoms with Gasteiger partial charge in [0, 0.05) is 6.04 Å². The first kappa shape index (κ1) is 16.8. The van der Waals surface area contributed by atoms with Gasteiger partial charge in [0.1, 0.15) is 0 Å². The van der Waals surface area contributed by atoms with Gasteiger partial charge in [-0.05, 0) is 40.3 Å². The fourth-order valence-corrected chi connectivity index (χ4v) is 1.46. The van der Waals surface area contributed by atoms with Gasteiger partial charge in [-0.2, -0.15) is 11.8 Å². The van der Waals surface area contributed by atoms with Crippen molar-refractivity contribution in [3.63, 3.8) is 0 Å². The summed E-state index contributed by atoms with van der Waals surface area (Å²) in [6, 6.07) is 0.462. The van der Waals surface area contributed by atoms with Gasteiger partial charge >= 0.3 is 11.9 Å². The zero-order valence-corrected chi connectivity index (χ0v) is 11.2. The molecule has 0 aromatic carbocycles. The minimum atomic E-state index is -1.04. The molecule has 0 saturated heterocycles. The monoisotopic (exact) mass is 261 g/mol. The largest absolute Gasteiger partial charge is 0.373 e. The Morgan fingerprint density at radius 3 is 2.00 bits per heavy atom. The van der Waals surface area contributed by atoms with Gasteiger partial charge in [-0.3, -0.25) is 0 Å². The smallest absolute Gasteiger partial charge is 0.338 e. The van der Waals surface area contributed by atoms with Crippen molar-refractivity contribution in [3.05, 3.63) is 0 Å². The molecule has 0 unspecified atom stereocenters. The lowest BCUT2D eigenvalue weighted by Gasteiger charge is -2.20. The van der Waals surface area contributed by atoms with Crippen LogP contribution in [-0.4, -0.2) is 36.5 Å². The molecule has 0 heterocycles. The zero-order valence-electron chi connectivity index (χ0n) is 11.2. The van der Waals surface area contributed by atoms with Crippen LogP contribution in [0.3, 0.4) is 0 Å². The number of hydrogen-bond acceptors (Lipinski definition) is 7. The molecule has 0 amide bonds. The van der Waals surface area contributed by atoms with E-state index < -0.39 is 17.9 Å². The molecule has 0 aliphatic carbocycles. The van der Waals surface area contributed by atoms with Gasteiger partial charge in [0.15, 0.2) is 5.92 Å². The van der Waals surface area contributed by atoms with Crippen LogP contribution in [0, 0.1) is 5.92 Å². The second kappa shape index (κ2) is 8.84. The van der Waals surface area contributed by atoms with Gasteiger partial charge in [0.2, 0.25) is 0 Å². The lowest BCUT2D eigenvalue weighted by atomic mass is 10.0. The molecule has 0 fully saturated rings. The number of nitrogens with zero attached hydrogens (tertiary/aromatic N) is 1. The van der Waals surface area contributed by atoms with Crippen molar-refractivity contribution in [2.75, 3.05) is 13.6 Å². The fourth-order valence-electron chi connectivity index (χ4n) is 1.46. The van der Waals surface area contributed by atoms with Crippen LogP contribution in [0.5, 0.6) is 0 Å². The summed E-state index contributed by atoms with van der Waals surface area (Å²) in [5.74, 6) is 6.83. The normalized spacial score (nSPS) is 11.1. The van der Waals surface area contributed by atoms with E-state index >= 15 is 0 Å². The van der Waals surface area contributed by atoms with E-state index in [0.717, 1.165) is 13.0 Å². The highest BCUT2D eigenvalue weighted by atomic mass is 16.7. The first-order valence-electron chi connectivity index (χ1n) is 5.95. The van der Waals surface area contributed by atoms with Crippen molar-refractivity contribution in [2.45, 2.75) is 39.2 Å². The first-order chi connectivity index (χ1) is 8.43. The van der Waals surface area contributed by atoms with Crippen LogP contribution in [-0.2, 0) is 19.3 Å². The van der Waals surface area contributed by atoms with Gasteiger partial charge in [0.25, 0.3) is 0 Å². The van der Waals surface area contributed by atoms with Gasteiger partial charge in [-0.25, -0.2) is 9.59 Å². The molecule has 4 N–H and O–H groups in total. The highest BCUT2D eigenvalue weighted by molar-refractivity contribution is 5.94. The van der Waals surface area contributed by atoms with Crippen LogP contribution in [0.25, 0.3) is 0 Å². The third-order valence-corrected chi connectivity index (χ3v) is 2.94. The molecule has 7 heteroatoms. The molecule has 0 aromatic heterocycles. The third kappa shape index (κ3) is 5.95. The maximum absolute atomic E-state index is 11.2. The number of unbranched alkanes of at least 4 members (excludes halogenated alkanes) is 1. The standard InChI is InChI=1S/C11H23N3O4/c1-8(2)14(3)7-5-4-6-9(10(15)17-12)11(16)18-13/h8-9H,4-7,12-13H2,1-3H3. The Labute approximate surface area is 107 Å². The summed E-state index contributed by atoms with van der Waals surface area (Å²) in [7, 11) is 2.02. The van der Waals surface area contributed by atoms with Crippen molar-refractivity contribution in [2.24, 2.45) is 17.7 Å². The highest BCUT2D eigenvalue weighted by Crippen LogP contribution is 2.12. The zero-order chi connectivity index (χ0) is 14.1. The molecule has 0 aliphatic heterocycles. The van der Waals surface area contributed by atoms with Gasteiger partial charge in [-0.15, -0.1) is 0 Å². The Bertz CT molecular complexity index is 255. The Balaban J connectivity index is 4.05. The van der Waals surface area contributed by atoms with Crippen molar-refractivity contribution in [1.29, 1.82) is 0 Å². The van der Waals surface area contributed by atoms with Crippen molar-refractivity contribution < 1.29 is 19.3 Å². The van der Waals surface area contributed by atoms with Gasteiger partial charge < -0.3 is 14.6 Å². The molecule has 0 bridgehead atoms. The van der Waals surface area contributed by atoms with E-state index in [-0.39, 0.29) is 0 Å². The predicted octanol–water partition coefficient (Wildman–Crippen LogP) is -0.0531. The quantitative estimate of drug-likeness (QED) is 0.358. The van der Waals surface area contributed by atoms with Gasteiger partial charge in [0.05, 0.1) is 0 Å². The number of carbonyl (C=O) groups excluding carboxylic acids is 2. The van der Waals surface area contributed by atoms with Crippen LogP contribution in [0.4, 0.5) is 0 Å². The molecule has 106 valence electrons. The molecule has 0 saturated carbocycles. The number of hydrogen-bond donors (Lipinski definition) is 2. The second-order valence-electron chi connectivity index (χ2n) is 4.50. The first-order valence-corrected chi connectivity index (χ1v) is 5.95. The van der Waals surface area contributed by atoms with Crippen molar-refractivity contribution in [3.8, 4) is 0 Å². The summed E-state index contributed by atoms with van der Waals surface area (Å²) in [5, 5.41) is 0. The lowest BCUT2D eigenvalue weighted by Crippen LogP contribution is -2.31. The fraction of sp³-hybridized carbons (Fsp3) is 0.818. The SMILES string of the molecule is CC(C)N(C)CCCCC(C(=O)ON)C(=O)ON. The number of nitrogens with two attached hydrogens (primary N) is 2. The maximum atomic E-state index is 11.2. The van der Waals surface area contributed by atoms with E-state index in [9.17, 15) is 9.59 Å². The van der Waals surface area contributed by atoms with Gasteiger partial charge in [-0.1, -0.05) is 6.42 Å². The molecular weight excluding hydrogens is 238 g/mol. The van der Waals surface area contributed by atoms with Crippen LogP contribution in [0.1, 0.15) is 33.1 Å². The van der Waals surface area contributed by atoms with E-state index in [4.69, 9.17) is 11.8 Å². The molecule has 0 spiro atoms. The molecule has 7 nitrogen and oxygen atoms in total. The predicted molar refractivity (Wildman–Crippen MR) is 65.7 cm³/mol. The number of carbonyl (C=O) groups is 2. The summed E-state index contributed by atoms with van der Waals surface area (Å²) in [6.07, 6.45) is 1.87. The number of rotatable bonds is 8. The molecule has 0 aliphatic rings. The lowest BCUT2D eigenvalue weighted by molar-refractivity contribution is -0.163. The summed E-state index contributed by atoms with van der Waals surface area (Å²) in [6.45, 7) is 5.08. The molecule has 18 heavy (non-hydrogen) atoms. The molecule has 0 radical (unpaired) electrons. The highest BCUT2D eigenvalue weighted by Gasteiger charge is 2.28. The van der Waals surface area contributed by atoms with Crippen LogP contribution < -0.4 is 11.8 Å². The summed E-state index contributed by atoms with van der Waals surface area (Å²) in [5.41, 5.74) is 0. The molecule has 0 atom stereocenters. The average molecular weight is 261 g/mol. The van der Waals surface area contributed by atoms with E-state index in [1.54, 1.807) is 0 Å². The Morgan fingerprint density at radius 2 is 1.61 bits per heavy atom. The average Bonchev–Trinajstić information content (AvgIpc) is 2.36. The van der Waals surface area contributed by atoms with E-state index in [1.807, 2.05) is 7.05 Å². The Morgan fingerprint density at radius 1 is 1.11 bits per heavy atom. The van der Waals surface area contributed by atoms with Crippen LogP contribution >= 0.6 is 0 Å². The minimum absolute atomic E-state index is 0.317. The van der Waals surface area contributed by atoms with Crippen LogP contribution in [0.15, 0.2) is 0 Å². The Kier molecular flexibility index (Phi) is 8.27. The molecule has 0 rings (SSSR count). The van der Waals surface area contributed by atoms with Crippen molar-refractivity contribution in [1.82, 2.24) is 4.90 Å². The summed E-state index contributed by atoms with van der Waals surface area (Å²) >= 11 is 0. The van der Waals surface area contributed by atoms with Crippen LogP contribution in [0.2, 0.25) is 0 Å². The maximum Gasteiger partial charge on any atom is 0.338 e. The minimum Gasteiger partial charge on any atom is -0.373 e. The van der Waals surface area contributed by atoms with Crippen molar-refractivity contribution >= 4 is 11.9 Å². The topological polar surface area (TPSA) is 108 Å². The third-order valence-electron chi connectivity index (χ3n) is 2.94.